The van der Waals surface area contributed by atoms with Crippen LogP contribution in [0.1, 0.15) is 25.5 Å². The van der Waals surface area contributed by atoms with Crippen LogP contribution >= 0.6 is 11.3 Å². The van der Waals surface area contributed by atoms with Gasteiger partial charge in [-0.15, -0.1) is 11.3 Å². The lowest BCUT2D eigenvalue weighted by molar-refractivity contribution is -0.120. The number of hydrogen-bond acceptors (Lipinski definition) is 4. The largest absolute Gasteiger partial charge is 0.375 e. The Bertz CT molecular complexity index is 370. The standard InChI is InChI=1S/C10H15N3OS/c1-10(2-3-10)6-12-8(14)4-7-5-15-9(11)13-7/h5H,2-4,6H2,1H3,(H2,11,13)(H,12,14). The number of carbonyl (C=O) groups excluding carboxylic acids is 1. The third-order valence-electron chi connectivity index (χ3n) is 2.73. The summed E-state index contributed by atoms with van der Waals surface area (Å²) < 4.78 is 0. The summed E-state index contributed by atoms with van der Waals surface area (Å²) in [5, 5.41) is 5.28. The topological polar surface area (TPSA) is 68.0 Å². The molecule has 1 aromatic rings. The number of amides is 1. The lowest BCUT2D eigenvalue weighted by Gasteiger charge is -2.08. The summed E-state index contributed by atoms with van der Waals surface area (Å²) in [5.41, 5.74) is 6.60. The van der Waals surface area contributed by atoms with E-state index in [0.29, 0.717) is 17.0 Å². The van der Waals surface area contributed by atoms with Gasteiger partial charge in [0, 0.05) is 11.9 Å². The van der Waals surface area contributed by atoms with Crippen molar-refractivity contribution in [1.82, 2.24) is 10.3 Å². The van der Waals surface area contributed by atoms with Gasteiger partial charge >= 0.3 is 0 Å². The average Bonchev–Trinajstić information content (AvgIpc) is 2.78. The third-order valence-corrected chi connectivity index (χ3v) is 3.45. The molecule has 3 N–H and O–H groups in total. The van der Waals surface area contributed by atoms with E-state index < -0.39 is 0 Å². The molecule has 1 aliphatic carbocycles. The maximum Gasteiger partial charge on any atom is 0.226 e. The predicted octanol–water partition coefficient (Wildman–Crippen LogP) is 1.18. The van der Waals surface area contributed by atoms with Crippen LogP contribution in [-0.2, 0) is 11.2 Å². The van der Waals surface area contributed by atoms with Crippen molar-refractivity contribution in [3.05, 3.63) is 11.1 Å². The average molecular weight is 225 g/mol. The number of aromatic nitrogens is 1. The summed E-state index contributed by atoms with van der Waals surface area (Å²) in [6.45, 7) is 2.97. The minimum atomic E-state index is 0.0356. The molecule has 1 saturated carbocycles. The van der Waals surface area contributed by atoms with E-state index in [1.807, 2.05) is 5.38 Å². The molecule has 0 aromatic carbocycles. The summed E-state index contributed by atoms with van der Waals surface area (Å²) in [5.74, 6) is 0.0356. The molecular formula is C10H15N3OS. The number of nitrogens with two attached hydrogens (primary N) is 1. The molecule has 0 spiro atoms. The third kappa shape index (κ3) is 2.92. The fraction of sp³-hybridized carbons (Fsp3) is 0.600. The molecule has 0 radical (unpaired) electrons. The molecule has 4 nitrogen and oxygen atoms in total. The smallest absolute Gasteiger partial charge is 0.226 e. The van der Waals surface area contributed by atoms with Crippen LogP contribution in [0.3, 0.4) is 0 Å². The van der Waals surface area contributed by atoms with Crippen molar-refractivity contribution >= 4 is 22.4 Å². The first-order chi connectivity index (χ1) is 7.07. The van der Waals surface area contributed by atoms with Crippen LogP contribution in [0.2, 0.25) is 0 Å². The molecule has 1 amide bonds. The summed E-state index contributed by atoms with van der Waals surface area (Å²) >= 11 is 1.37. The zero-order valence-corrected chi connectivity index (χ0v) is 9.56. The fourth-order valence-electron chi connectivity index (χ4n) is 1.33. The lowest BCUT2D eigenvalue weighted by atomic mass is 10.1. The van der Waals surface area contributed by atoms with Crippen molar-refractivity contribution < 1.29 is 4.79 Å². The van der Waals surface area contributed by atoms with Gasteiger partial charge in [0.15, 0.2) is 5.13 Å². The van der Waals surface area contributed by atoms with E-state index in [1.54, 1.807) is 0 Å². The Morgan fingerprint density at radius 2 is 2.47 bits per heavy atom. The Morgan fingerprint density at radius 3 is 3.00 bits per heavy atom. The minimum Gasteiger partial charge on any atom is -0.375 e. The van der Waals surface area contributed by atoms with E-state index in [-0.39, 0.29) is 5.91 Å². The molecule has 5 heteroatoms. The molecule has 15 heavy (non-hydrogen) atoms. The predicted molar refractivity (Wildman–Crippen MR) is 60.6 cm³/mol. The second-order valence-corrected chi connectivity index (χ2v) is 5.33. The molecule has 0 atom stereocenters. The first kappa shape index (κ1) is 10.4. The van der Waals surface area contributed by atoms with Crippen molar-refractivity contribution in [3.63, 3.8) is 0 Å². The number of rotatable bonds is 4. The maximum atomic E-state index is 11.5. The molecule has 1 fully saturated rings. The molecule has 0 aliphatic heterocycles. The molecule has 2 rings (SSSR count). The monoisotopic (exact) mass is 225 g/mol. The zero-order valence-electron chi connectivity index (χ0n) is 8.75. The lowest BCUT2D eigenvalue weighted by Crippen LogP contribution is -2.30. The Balaban J connectivity index is 1.77. The summed E-state index contributed by atoms with van der Waals surface area (Å²) in [7, 11) is 0. The van der Waals surface area contributed by atoms with Gasteiger partial charge in [0.25, 0.3) is 0 Å². The van der Waals surface area contributed by atoms with Crippen LogP contribution in [0.5, 0.6) is 0 Å². The highest BCUT2D eigenvalue weighted by Crippen LogP contribution is 2.43. The van der Waals surface area contributed by atoms with E-state index in [2.05, 4.69) is 17.2 Å². The summed E-state index contributed by atoms with van der Waals surface area (Å²) in [6, 6.07) is 0. The van der Waals surface area contributed by atoms with E-state index >= 15 is 0 Å². The van der Waals surface area contributed by atoms with Gasteiger partial charge in [-0.25, -0.2) is 4.98 Å². The quantitative estimate of drug-likeness (QED) is 0.808. The Hall–Kier alpha value is -1.10. The Kier molecular flexibility index (Phi) is 2.65. The molecular weight excluding hydrogens is 210 g/mol. The number of carbonyl (C=O) groups is 1. The zero-order chi connectivity index (χ0) is 10.9. The van der Waals surface area contributed by atoms with Gasteiger partial charge in [-0.05, 0) is 18.3 Å². The van der Waals surface area contributed by atoms with E-state index in [0.717, 1.165) is 12.2 Å². The van der Waals surface area contributed by atoms with Crippen molar-refractivity contribution in [2.24, 2.45) is 5.41 Å². The van der Waals surface area contributed by atoms with Gasteiger partial charge in [0.1, 0.15) is 0 Å². The fourth-order valence-corrected chi connectivity index (χ4v) is 1.90. The summed E-state index contributed by atoms with van der Waals surface area (Å²) in [6.07, 6.45) is 2.78. The second kappa shape index (κ2) is 3.81. The molecule has 1 aromatic heterocycles. The Labute approximate surface area is 92.9 Å². The van der Waals surface area contributed by atoms with Crippen molar-refractivity contribution in [3.8, 4) is 0 Å². The van der Waals surface area contributed by atoms with Crippen LogP contribution in [0.25, 0.3) is 0 Å². The van der Waals surface area contributed by atoms with Gasteiger partial charge in [-0.3, -0.25) is 4.79 Å². The number of nitrogens with zero attached hydrogens (tertiary/aromatic N) is 1. The first-order valence-electron chi connectivity index (χ1n) is 5.04. The maximum absolute atomic E-state index is 11.5. The number of nitrogen functional groups attached to an aromatic ring is 1. The highest BCUT2D eigenvalue weighted by Gasteiger charge is 2.37. The van der Waals surface area contributed by atoms with Crippen LogP contribution in [0.4, 0.5) is 5.13 Å². The van der Waals surface area contributed by atoms with Crippen LogP contribution in [0.15, 0.2) is 5.38 Å². The van der Waals surface area contributed by atoms with E-state index in [4.69, 9.17) is 5.73 Å². The highest BCUT2D eigenvalue weighted by molar-refractivity contribution is 7.13. The molecule has 0 saturated heterocycles. The Morgan fingerprint density at radius 1 is 1.73 bits per heavy atom. The number of nitrogens with one attached hydrogen (secondary N) is 1. The molecule has 82 valence electrons. The van der Waals surface area contributed by atoms with Crippen LogP contribution in [0, 0.1) is 5.41 Å². The van der Waals surface area contributed by atoms with Crippen LogP contribution in [-0.4, -0.2) is 17.4 Å². The first-order valence-corrected chi connectivity index (χ1v) is 5.92. The van der Waals surface area contributed by atoms with Crippen molar-refractivity contribution in [1.29, 1.82) is 0 Å². The molecule has 0 bridgehead atoms. The van der Waals surface area contributed by atoms with Crippen molar-refractivity contribution in [2.75, 3.05) is 12.3 Å². The number of hydrogen-bond donors (Lipinski definition) is 2. The molecule has 0 unspecified atom stereocenters. The van der Waals surface area contributed by atoms with Gasteiger partial charge in [-0.1, -0.05) is 6.92 Å². The SMILES string of the molecule is CC1(CNC(=O)Cc2csc(N)n2)CC1. The van der Waals surface area contributed by atoms with Gasteiger partial charge in [0.2, 0.25) is 5.91 Å². The second-order valence-electron chi connectivity index (χ2n) is 4.44. The minimum absolute atomic E-state index is 0.0356. The summed E-state index contributed by atoms with van der Waals surface area (Å²) in [4.78, 5) is 15.6. The van der Waals surface area contributed by atoms with Crippen molar-refractivity contribution in [2.45, 2.75) is 26.2 Å². The number of thiazole rings is 1. The van der Waals surface area contributed by atoms with Gasteiger partial charge in [0.05, 0.1) is 12.1 Å². The van der Waals surface area contributed by atoms with Gasteiger partial charge in [-0.2, -0.15) is 0 Å². The van der Waals surface area contributed by atoms with Gasteiger partial charge < -0.3 is 11.1 Å². The molecule has 1 heterocycles. The normalized spacial score (nSPS) is 17.4. The van der Waals surface area contributed by atoms with E-state index in [1.165, 1.54) is 24.2 Å². The van der Waals surface area contributed by atoms with Crippen LogP contribution < -0.4 is 11.1 Å². The molecule has 1 aliphatic rings. The highest BCUT2D eigenvalue weighted by atomic mass is 32.1. The van der Waals surface area contributed by atoms with E-state index in [9.17, 15) is 4.79 Å². The number of anilines is 1.